The molecule has 4 rings (SSSR count). The summed E-state index contributed by atoms with van der Waals surface area (Å²) >= 11 is 1.06. The molecule has 0 unspecified atom stereocenters. The third-order valence-corrected chi connectivity index (χ3v) is 5.53. The first-order valence-corrected chi connectivity index (χ1v) is 9.84. The molecule has 7 heteroatoms. The van der Waals surface area contributed by atoms with Gasteiger partial charge in [0.1, 0.15) is 16.7 Å². The molecule has 144 valence electrons. The van der Waals surface area contributed by atoms with Gasteiger partial charge in [-0.25, -0.2) is 13.8 Å². The van der Waals surface area contributed by atoms with E-state index in [0.29, 0.717) is 22.7 Å². The van der Waals surface area contributed by atoms with Crippen LogP contribution < -0.4 is 5.32 Å². The minimum atomic E-state index is -0.663. The van der Waals surface area contributed by atoms with E-state index in [0.717, 1.165) is 42.7 Å². The quantitative estimate of drug-likeness (QED) is 0.682. The highest BCUT2D eigenvalue weighted by molar-refractivity contribution is 7.99. The van der Waals surface area contributed by atoms with Crippen LogP contribution in [0.25, 0.3) is 10.9 Å². The molecule has 0 aliphatic carbocycles. The number of amides is 1. The lowest BCUT2D eigenvalue weighted by Crippen LogP contribution is -2.31. The zero-order chi connectivity index (χ0) is 19.5. The summed E-state index contributed by atoms with van der Waals surface area (Å²) in [4.78, 5) is 17.6. The number of pyridine rings is 1. The molecule has 0 bridgehead atoms. The topological polar surface area (TPSA) is 51.2 Å². The lowest BCUT2D eigenvalue weighted by molar-refractivity contribution is 0.0859. The van der Waals surface area contributed by atoms with Gasteiger partial charge in [-0.1, -0.05) is 30.0 Å². The van der Waals surface area contributed by atoms with Crippen LogP contribution in [0.4, 0.5) is 8.78 Å². The van der Waals surface area contributed by atoms with E-state index in [2.05, 4.69) is 10.3 Å². The first-order chi connectivity index (χ1) is 13.6. The molecule has 0 radical (unpaired) electrons. The number of carbonyl (C=O) groups excluding carboxylic acids is 1. The molecule has 1 aromatic heterocycles. The van der Waals surface area contributed by atoms with Crippen molar-refractivity contribution in [1.82, 2.24) is 10.3 Å². The van der Waals surface area contributed by atoms with Crippen molar-refractivity contribution in [3.63, 3.8) is 0 Å². The fourth-order valence-electron chi connectivity index (χ4n) is 3.17. The number of rotatable bonds is 5. The predicted molar refractivity (Wildman–Crippen MR) is 104 cm³/mol. The zero-order valence-electron chi connectivity index (χ0n) is 15.0. The van der Waals surface area contributed by atoms with Crippen molar-refractivity contribution < 1.29 is 18.3 Å². The highest BCUT2D eigenvalue weighted by Gasteiger charge is 2.19. The number of hydrogen-bond acceptors (Lipinski definition) is 4. The summed E-state index contributed by atoms with van der Waals surface area (Å²) in [5.74, 6) is -1.53. The van der Waals surface area contributed by atoms with Crippen LogP contribution in [-0.2, 0) is 4.74 Å². The van der Waals surface area contributed by atoms with Crippen LogP contribution in [0.15, 0.2) is 58.5 Å². The summed E-state index contributed by atoms with van der Waals surface area (Å²) in [6.45, 7) is 1.17. The van der Waals surface area contributed by atoms with Gasteiger partial charge in [0.2, 0.25) is 0 Å². The van der Waals surface area contributed by atoms with Gasteiger partial charge in [0.25, 0.3) is 5.91 Å². The standard InChI is InChI=1S/C21H18F2N2O2S/c22-13-7-8-19(17(23)10-13)28-20-11-16(15-5-1-2-6-18(15)25-20)21(26)24-12-14-4-3-9-27-14/h1-2,5-8,10-11,14H,3-4,9,12H2,(H,24,26)/t14-/m0/s1. The molecule has 1 amide bonds. The van der Waals surface area contributed by atoms with Crippen molar-refractivity contribution in [2.24, 2.45) is 0 Å². The Kier molecular flexibility index (Phi) is 5.54. The van der Waals surface area contributed by atoms with E-state index in [9.17, 15) is 13.6 Å². The maximum absolute atomic E-state index is 14.0. The monoisotopic (exact) mass is 400 g/mol. The Morgan fingerprint density at radius 1 is 1.21 bits per heavy atom. The maximum atomic E-state index is 14.0. The number of carbonyl (C=O) groups is 1. The molecular formula is C21H18F2N2O2S. The smallest absolute Gasteiger partial charge is 0.252 e. The number of halogens is 2. The van der Waals surface area contributed by atoms with Crippen molar-refractivity contribution in [3.05, 3.63) is 65.7 Å². The molecule has 0 saturated carbocycles. The molecule has 1 N–H and O–H groups in total. The van der Waals surface area contributed by atoms with Gasteiger partial charge >= 0.3 is 0 Å². The first-order valence-electron chi connectivity index (χ1n) is 9.02. The molecule has 0 spiro atoms. The van der Waals surface area contributed by atoms with Crippen molar-refractivity contribution >= 4 is 28.6 Å². The number of nitrogens with one attached hydrogen (secondary N) is 1. The van der Waals surface area contributed by atoms with E-state index in [1.165, 1.54) is 12.1 Å². The lowest BCUT2D eigenvalue weighted by atomic mass is 10.1. The van der Waals surface area contributed by atoms with Crippen LogP contribution in [0, 0.1) is 11.6 Å². The summed E-state index contributed by atoms with van der Waals surface area (Å²) in [6.07, 6.45) is 1.98. The van der Waals surface area contributed by atoms with Crippen molar-refractivity contribution in [3.8, 4) is 0 Å². The molecule has 4 nitrogen and oxygen atoms in total. The SMILES string of the molecule is O=C(NC[C@@H]1CCCO1)c1cc(Sc2ccc(F)cc2F)nc2ccccc12. The number of aromatic nitrogens is 1. The highest BCUT2D eigenvalue weighted by Crippen LogP contribution is 2.31. The number of hydrogen-bond donors (Lipinski definition) is 1. The number of para-hydroxylation sites is 1. The van der Waals surface area contributed by atoms with Crippen LogP contribution in [0.1, 0.15) is 23.2 Å². The summed E-state index contributed by atoms with van der Waals surface area (Å²) in [6, 6.07) is 12.3. The summed E-state index contributed by atoms with van der Waals surface area (Å²) in [5, 5.41) is 4.10. The minimum Gasteiger partial charge on any atom is -0.376 e. The third kappa shape index (κ3) is 4.15. The second-order valence-electron chi connectivity index (χ2n) is 6.55. The molecule has 1 atom stereocenters. The number of ether oxygens (including phenoxy) is 1. The van der Waals surface area contributed by atoms with Crippen LogP contribution in [0.2, 0.25) is 0 Å². The Bertz CT molecular complexity index is 1020. The predicted octanol–water partition coefficient (Wildman–Crippen LogP) is 4.57. The van der Waals surface area contributed by atoms with Gasteiger partial charge in [-0.2, -0.15) is 0 Å². The normalized spacial score (nSPS) is 16.4. The molecule has 2 aromatic carbocycles. The Morgan fingerprint density at radius 3 is 2.86 bits per heavy atom. The van der Waals surface area contributed by atoms with E-state index in [4.69, 9.17) is 4.74 Å². The minimum absolute atomic E-state index is 0.0409. The fourth-order valence-corrected chi connectivity index (χ4v) is 4.01. The first kappa shape index (κ1) is 18.8. The van der Waals surface area contributed by atoms with Gasteiger partial charge in [-0.3, -0.25) is 4.79 Å². The van der Waals surface area contributed by atoms with Crippen LogP contribution >= 0.6 is 11.8 Å². The Hall–Kier alpha value is -2.51. The summed E-state index contributed by atoms with van der Waals surface area (Å²) in [7, 11) is 0. The average molecular weight is 400 g/mol. The molecule has 2 heterocycles. The van der Waals surface area contributed by atoms with Crippen molar-refractivity contribution in [2.75, 3.05) is 13.2 Å². The van der Waals surface area contributed by atoms with Gasteiger partial charge in [0.15, 0.2) is 0 Å². The fraction of sp³-hybridized carbons (Fsp3) is 0.238. The van der Waals surface area contributed by atoms with E-state index < -0.39 is 11.6 Å². The Labute approximate surface area is 165 Å². The Morgan fingerprint density at radius 2 is 2.07 bits per heavy atom. The van der Waals surface area contributed by atoms with E-state index in [-0.39, 0.29) is 16.9 Å². The number of nitrogens with zero attached hydrogens (tertiary/aromatic N) is 1. The van der Waals surface area contributed by atoms with Crippen LogP contribution in [0.5, 0.6) is 0 Å². The van der Waals surface area contributed by atoms with Crippen molar-refractivity contribution in [2.45, 2.75) is 28.9 Å². The highest BCUT2D eigenvalue weighted by atomic mass is 32.2. The molecule has 1 fully saturated rings. The molecular weight excluding hydrogens is 382 g/mol. The number of benzene rings is 2. The lowest BCUT2D eigenvalue weighted by Gasteiger charge is -2.13. The van der Waals surface area contributed by atoms with E-state index in [1.54, 1.807) is 12.1 Å². The molecule has 1 aliphatic rings. The van der Waals surface area contributed by atoms with Crippen molar-refractivity contribution in [1.29, 1.82) is 0 Å². The second kappa shape index (κ2) is 8.24. The third-order valence-electron chi connectivity index (χ3n) is 4.56. The average Bonchev–Trinajstić information content (AvgIpc) is 3.21. The van der Waals surface area contributed by atoms with Gasteiger partial charge in [0.05, 0.1) is 17.2 Å². The zero-order valence-corrected chi connectivity index (χ0v) is 15.8. The molecule has 28 heavy (non-hydrogen) atoms. The van der Waals surface area contributed by atoms with Gasteiger partial charge in [-0.05, 0) is 37.1 Å². The largest absolute Gasteiger partial charge is 0.376 e. The molecule has 1 saturated heterocycles. The molecule has 1 aliphatic heterocycles. The van der Waals surface area contributed by atoms with Gasteiger partial charge in [-0.15, -0.1) is 0 Å². The van der Waals surface area contributed by atoms with Crippen LogP contribution in [0.3, 0.4) is 0 Å². The summed E-state index contributed by atoms with van der Waals surface area (Å²) < 4.78 is 32.7. The van der Waals surface area contributed by atoms with Crippen LogP contribution in [-0.4, -0.2) is 30.1 Å². The maximum Gasteiger partial charge on any atom is 0.252 e. The van der Waals surface area contributed by atoms with Gasteiger partial charge < -0.3 is 10.1 Å². The van der Waals surface area contributed by atoms with E-state index in [1.807, 2.05) is 18.2 Å². The molecule has 3 aromatic rings. The number of fused-ring (bicyclic) bond motifs is 1. The Balaban J connectivity index is 1.63. The summed E-state index contributed by atoms with van der Waals surface area (Å²) in [5.41, 5.74) is 1.10. The van der Waals surface area contributed by atoms with Gasteiger partial charge in [0, 0.05) is 29.5 Å². The van der Waals surface area contributed by atoms with E-state index >= 15 is 0 Å². The second-order valence-corrected chi connectivity index (χ2v) is 7.61.